The number of alkyl halides is 1. The van der Waals surface area contributed by atoms with Crippen LogP contribution in [0.15, 0.2) is 0 Å². The second kappa shape index (κ2) is 2.21. The Balaban J connectivity index is 2.22. The predicted molar refractivity (Wildman–Crippen MR) is 31.1 cm³/mol. The van der Waals surface area contributed by atoms with Crippen molar-refractivity contribution in [1.29, 1.82) is 0 Å². The fraction of sp³-hybridized carbons (Fsp3) is 1.00. The van der Waals surface area contributed by atoms with E-state index in [4.69, 9.17) is 21.4 Å². The first-order valence-electron chi connectivity index (χ1n) is 2.65. The van der Waals surface area contributed by atoms with Gasteiger partial charge in [-0.15, -0.1) is 11.6 Å². The van der Waals surface area contributed by atoms with Crippen LogP contribution >= 0.6 is 11.6 Å². The molecule has 0 aromatic carbocycles. The number of hydrogen-bond acceptors (Lipinski definition) is 2. The van der Waals surface area contributed by atoms with Gasteiger partial charge in [0.2, 0.25) is 0 Å². The molecule has 0 aliphatic carbocycles. The molecule has 1 heterocycles. The van der Waals surface area contributed by atoms with Crippen molar-refractivity contribution in [3.8, 4) is 0 Å². The Morgan fingerprint density at radius 1 is 1.88 bits per heavy atom. The van der Waals surface area contributed by atoms with Crippen molar-refractivity contribution in [3.05, 3.63) is 0 Å². The standard InChI is InChI=1S/C5H9ClO2/c1-3(7)5(6)4-2-8-4/h3-5,7H,2H2,1H3. The number of aliphatic hydroxyl groups is 1. The highest BCUT2D eigenvalue weighted by Crippen LogP contribution is 2.21. The normalized spacial score (nSPS) is 34.1. The van der Waals surface area contributed by atoms with Gasteiger partial charge in [0.1, 0.15) is 0 Å². The Labute approximate surface area is 53.4 Å². The second-order valence-electron chi connectivity index (χ2n) is 2.06. The number of hydrogen-bond donors (Lipinski definition) is 1. The molecule has 0 aromatic heterocycles. The van der Waals surface area contributed by atoms with Crippen LogP contribution in [0.5, 0.6) is 0 Å². The van der Waals surface area contributed by atoms with Crippen molar-refractivity contribution < 1.29 is 9.84 Å². The monoisotopic (exact) mass is 136 g/mol. The molecule has 0 amide bonds. The lowest BCUT2D eigenvalue weighted by Crippen LogP contribution is -2.22. The van der Waals surface area contributed by atoms with Gasteiger partial charge in [-0.2, -0.15) is 0 Å². The molecule has 3 atom stereocenters. The first-order valence-corrected chi connectivity index (χ1v) is 3.09. The van der Waals surface area contributed by atoms with Crippen LogP contribution in [0.1, 0.15) is 6.92 Å². The highest BCUT2D eigenvalue weighted by molar-refractivity contribution is 6.21. The van der Waals surface area contributed by atoms with Crippen molar-refractivity contribution in [2.75, 3.05) is 6.61 Å². The molecule has 1 N–H and O–H groups in total. The molecule has 48 valence electrons. The van der Waals surface area contributed by atoms with Gasteiger partial charge in [0.25, 0.3) is 0 Å². The Morgan fingerprint density at radius 3 is 2.50 bits per heavy atom. The molecule has 0 radical (unpaired) electrons. The van der Waals surface area contributed by atoms with E-state index in [-0.39, 0.29) is 11.5 Å². The van der Waals surface area contributed by atoms with Crippen molar-refractivity contribution >= 4 is 11.6 Å². The lowest BCUT2D eigenvalue weighted by molar-refractivity contribution is 0.174. The van der Waals surface area contributed by atoms with Gasteiger partial charge in [-0.05, 0) is 6.92 Å². The van der Waals surface area contributed by atoms with Gasteiger partial charge in [0.15, 0.2) is 0 Å². The maximum absolute atomic E-state index is 8.82. The minimum atomic E-state index is -0.454. The van der Waals surface area contributed by atoms with Gasteiger partial charge in [0.05, 0.1) is 24.2 Å². The Kier molecular flexibility index (Phi) is 1.75. The van der Waals surface area contributed by atoms with E-state index < -0.39 is 6.10 Å². The zero-order chi connectivity index (χ0) is 6.15. The second-order valence-corrected chi connectivity index (χ2v) is 2.56. The van der Waals surface area contributed by atoms with Crippen LogP contribution in [-0.4, -0.2) is 29.3 Å². The van der Waals surface area contributed by atoms with E-state index in [0.717, 1.165) is 0 Å². The number of halogens is 1. The third kappa shape index (κ3) is 1.34. The summed E-state index contributed by atoms with van der Waals surface area (Å²) >= 11 is 5.64. The summed E-state index contributed by atoms with van der Waals surface area (Å²) in [7, 11) is 0. The molecule has 1 rings (SSSR count). The summed E-state index contributed by atoms with van der Waals surface area (Å²) in [6.07, 6.45) is -0.346. The van der Waals surface area contributed by atoms with Gasteiger partial charge in [-0.1, -0.05) is 0 Å². The van der Waals surface area contributed by atoms with Gasteiger partial charge < -0.3 is 9.84 Å². The summed E-state index contributed by atoms with van der Waals surface area (Å²) in [5, 5.41) is 8.61. The molecule has 0 saturated carbocycles. The Morgan fingerprint density at radius 2 is 2.38 bits per heavy atom. The van der Waals surface area contributed by atoms with E-state index in [1.54, 1.807) is 6.92 Å². The van der Waals surface area contributed by atoms with E-state index in [1.807, 2.05) is 0 Å². The number of epoxide rings is 1. The first kappa shape index (κ1) is 6.33. The Hall–Kier alpha value is 0.210. The lowest BCUT2D eigenvalue weighted by atomic mass is 10.2. The molecule has 0 aromatic rings. The Bertz CT molecular complexity index is 78.5. The molecule has 8 heavy (non-hydrogen) atoms. The fourth-order valence-electron chi connectivity index (χ4n) is 0.550. The van der Waals surface area contributed by atoms with Crippen LogP contribution in [0.2, 0.25) is 0 Å². The summed E-state index contributed by atoms with van der Waals surface area (Å²) in [5.41, 5.74) is 0. The topological polar surface area (TPSA) is 32.8 Å². The quantitative estimate of drug-likeness (QED) is 0.440. The molecular formula is C5H9ClO2. The summed E-state index contributed by atoms with van der Waals surface area (Å²) < 4.78 is 4.84. The number of ether oxygens (including phenoxy) is 1. The molecule has 1 aliphatic rings. The van der Waals surface area contributed by atoms with Crippen LogP contribution in [0, 0.1) is 0 Å². The molecular weight excluding hydrogens is 128 g/mol. The van der Waals surface area contributed by atoms with Crippen LogP contribution in [0.25, 0.3) is 0 Å². The minimum absolute atomic E-state index is 0.108. The van der Waals surface area contributed by atoms with E-state index in [2.05, 4.69) is 0 Å². The van der Waals surface area contributed by atoms with Crippen molar-refractivity contribution in [3.63, 3.8) is 0 Å². The van der Waals surface area contributed by atoms with Crippen LogP contribution in [0.4, 0.5) is 0 Å². The summed E-state index contributed by atoms with van der Waals surface area (Å²) in [6, 6.07) is 0. The SMILES string of the molecule is CC(O)C(Cl)C1CO1. The maximum atomic E-state index is 8.82. The molecule has 3 unspecified atom stereocenters. The smallest absolute Gasteiger partial charge is 0.0998 e. The van der Waals surface area contributed by atoms with Crippen molar-refractivity contribution in [1.82, 2.24) is 0 Å². The molecule has 2 nitrogen and oxygen atoms in total. The van der Waals surface area contributed by atoms with E-state index in [9.17, 15) is 0 Å². The lowest BCUT2D eigenvalue weighted by Gasteiger charge is -2.06. The van der Waals surface area contributed by atoms with Gasteiger partial charge >= 0.3 is 0 Å². The number of rotatable bonds is 2. The molecule has 1 aliphatic heterocycles. The first-order chi connectivity index (χ1) is 3.72. The summed E-state index contributed by atoms with van der Waals surface area (Å²) in [6.45, 7) is 2.37. The van der Waals surface area contributed by atoms with Crippen molar-refractivity contribution in [2.45, 2.75) is 24.5 Å². The van der Waals surface area contributed by atoms with Gasteiger partial charge in [0, 0.05) is 0 Å². The van der Waals surface area contributed by atoms with E-state index >= 15 is 0 Å². The summed E-state index contributed by atoms with van der Waals surface area (Å²) in [4.78, 5) is 0. The van der Waals surface area contributed by atoms with Crippen molar-refractivity contribution in [2.24, 2.45) is 0 Å². The highest BCUT2D eigenvalue weighted by Gasteiger charge is 2.33. The highest BCUT2D eigenvalue weighted by atomic mass is 35.5. The molecule has 1 fully saturated rings. The molecule has 0 spiro atoms. The van der Waals surface area contributed by atoms with Crippen LogP contribution < -0.4 is 0 Å². The third-order valence-electron chi connectivity index (χ3n) is 1.18. The zero-order valence-corrected chi connectivity index (χ0v) is 5.43. The van der Waals surface area contributed by atoms with Gasteiger partial charge in [-0.25, -0.2) is 0 Å². The number of aliphatic hydroxyl groups excluding tert-OH is 1. The van der Waals surface area contributed by atoms with Crippen LogP contribution in [0.3, 0.4) is 0 Å². The zero-order valence-electron chi connectivity index (χ0n) is 4.67. The average molecular weight is 137 g/mol. The van der Waals surface area contributed by atoms with Gasteiger partial charge in [-0.3, -0.25) is 0 Å². The summed E-state index contributed by atoms with van der Waals surface area (Å²) in [5.74, 6) is 0. The molecule has 3 heteroatoms. The molecule has 0 bridgehead atoms. The maximum Gasteiger partial charge on any atom is 0.0998 e. The molecule has 1 saturated heterocycles. The fourth-order valence-corrected chi connectivity index (χ4v) is 0.696. The average Bonchev–Trinajstić information content (AvgIpc) is 2.43. The van der Waals surface area contributed by atoms with E-state index in [0.29, 0.717) is 6.61 Å². The third-order valence-corrected chi connectivity index (χ3v) is 1.82. The van der Waals surface area contributed by atoms with Crippen LogP contribution in [-0.2, 0) is 4.74 Å². The predicted octanol–water partition coefficient (Wildman–Crippen LogP) is 0.373. The van der Waals surface area contributed by atoms with E-state index in [1.165, 1.54) is 0 Å². The largest absolute Gasteiger partial charge is 0.392 e. The minimum Gasteiger partial charge on any atom is -0.392 e.